The summed E-state index contributed by atoms with van der Waals surface area (Å²) in [7, 11) is 0. The predicted octanol–water partition coefficient (Wildman–Crippen LogP) is 4.05. The van der Waals surface area contributed by atoms with Gasteiger partial charge in [-0.05, 0) is 43.5 Å². The van der Waals surface area contributed by atoms with Gasteiger partial charge in [0, 0.05) is 18.3 Å². The van der Waals surface area contributed by atoms with Crippen molar-refractivity contribution in [2.45, 2.75) is 51.4 Å². The zero-order valence-corrected chi connectivity index (χ0v) is 11.7. The Morgan fingerprint density at radius 3 is 2.55 bits per heavy atom. The molecule has 1 aliphatic carbocycles. The molecule has 0 spiro atoms. The molecule has 112 valence electrons. The molecule has 1 aliphatic rings. The summed E-state index contributed by atoms with van der Waals surface area (Å²) in [5, 5.41) is 0. The van der Waals surface area contributed by atoms with Crippen LogP contribution in [0.4, 0.5) is 18.9 Å². The highest BCUT2D eigenvalue weighted by Gasteiger charge is 2.35. The first-order valence-corrected chi connectivity index (χ1v) is 7.11. The van der Waals surface area contributed by atoms with Crippen molar-refractivity contribution in [2.75, 3.05) is 12.3 Å². The molecule has 0 radical (unpaired) electrons. The number of unbranched alkanes of at least 4 members (excludes halogenated alkanes) is 1. The first-order valence-electron chi connectivity index (χ1n) is 7.11. The molecule has 2 N–H and O–H groups in total. The smallest absolute Gasteiger partial charge is 0.399 e. The Kier molecular flexibility index (Phi) is 4.58. The van der Waals surface area contributed by atoms with Crippen LogP contribution in [0.2, 0.25) is 0 Å². The fourth-order valence-corrected chi connectivity index (χ4v) is 2.41. The average molecular weight is 286 g/mol. The lowest BCUT2D eigenvalue weighted by Gasteiger charge is -2.24. The molecule has 0 aliphatic heterocycles. The number of halogens is 3. The molecule has 5 heteroatoms. The van der Waals surface area contributed by atoms with Crippen LogP contribution in [0.15, 0.2) is 18.2 Å². The van der Waals surface area contributed by atoms with Crippen LogP contribution >= 0.6 is 0 Å². The Morgan fingerprint density at radius 2 is 2.00 bits per heavy atom. The van der Waals surface area contributed by atoms with E-state index < -0.39 is 11.7 Å². The molecule has 1 fully saturated rings. The summed E-state index contributed by atoms with van der Waals surface area (Å²) in [6, 6.07) is 4.56. The number of nitrogens with two attached hydrogens (primary N) is 1. The van der Waals surface area contributed by atoms with Crippen molar-refractivity contribution >= 4 is 5.69 Å². The van der Waals surface area contributed by atoms with Gasteiger partial charge in [-0.15, -0.1) is 0 Å². The molecule has 0 saturated heterocycles. The van der Waals surface area contributed by atoms with Crippen molar-refractivity contribution in [1.82, 2.24) is 4.90 Å². The van der Waals surface area contributed by atoms with E-state index >= 15 is 0 Å². The highest BCUT2D eigenvalue weighted by Crippen LogP contribution is 2.35. The van der Waals surface area contributed by atoms with Gasteiger partial charge >= 0.3 is 6.18 Å². The van der Waals surface area contributed by atoms with E-state index in [9.17, 15) is 13.2 Å². The predicted molar refractivity (Wildman–Crippen MR) is 74.2 cm³/mol. The van der Waals surface area contributed by atoms with E-state index in [-0.39, 0.29) is 5.69 Å². The maximum Gasteiger partial charge on any atom is 0.416 e. The highest BCUT2D eigenvalue weighted by molar-refractivity contribution is 5.46. The van der Waals surface area contributed by atoms with Gasteiger partial charge in [0.15, 0.2) is 0 Å². The second-order valence-corrected chi connectivity index (χ2v) is 5.47. The van der Waals surface area contributed by atoms with Crippen LogP contribution in [0.3, 0.4) is 0 Å². The van der Waals surface area contributed by atoms with E-state index in [1.165, 1.54) is 6.07 Å². The van der Waals surface area contributed by atoms with Gasteiger partial charge in [-0.1, -0.05) is 19.4 Å². The molecular weight excluding hydrogens is 265 g/mol. The van der Waals surface area contributed by atoms with Gasteiger partial charge < -0.3 is 5.73 Å². The molecule has 20 heavy (non-hydrogen) atoms. The molecule has 2 nitrogen and oxygen atoms in total. The third-order valence-electron chi connectivity index (χ3n) is 3.67. The number of nitrogens with zero attached hydrogens (tertiary/aromatic N) is 1. The summed E-state index contributed by atoms with van der Waals surface area (Å²) >= 11 is 0. The summed E-state index contributed by atoms with van der Waals surface area (Å²) in [5.41, 5.74) is 5.38. The quantitative estimate of drug-likeness (QED) is 0.799. The van der Waals surface area contributed by atoms with Crippen LogP contribution in [0.1, 0.15) is 43.7 Å². The Morgan fingerprint density at radius 1 is 1.30 bits per heavy atom. The number of anilines is 1. The van der Waals surface area contributed by atoms with Crippen LogP contribution in [0.5, 0.6) is 0 Å². The number of hydrogen-bond acceptors (Lipinski definition) is 2. The Hall–Kier alpha value is -1.23. The minimum atomic E-state index is -4.34. The summed E-state index contributed by atoms with van der Waals surface area (Å²) in [6.07, 6.45) is -0.0747. The second-order valence-electron chi connectivity index (χ2n) is 5.47. The molecule has 1 saturated carbocycles. The molecule has 1 aromatic rings. The van der Waals surface area contributed by atoms with E-state index in [0.717, 1.165) is 38.3 Å². The molecule has 0 aromatic heterocycles. The zero-order chi connectivity index (χ0) is 14.8. The van der Waals surface area contributed by atoms with Gasteiger partial charge in [0.1, 0.15) is 0 Å². The molecule has 0 amide bonds. The summed E-state index contributed by atoms with van der Waals surface area (Å²) in [5.74, 6) is 0. The van der Waals surface area contributed by atoms with Crippen LogP contribution in [0.25, 0.3) is 0 Å². The van der Waals surface area contributed by atoms with E-state index in [2.05, 4.69) is 11.8 Å². The first-order chi connectivity index (χ1) is 9.41. The van der Waals surface area contributed by atoms with E-state index in [1.54, 1.807) is 6.07 Å². The highest BCUT2D eigenvalue weighted by atomic mass is 19.4. The summed E-state index contributed by atoms with van der Waals surface area (Å²) < 4.78 is 39.2. The van der Waals surface area contributed by atoms with Crippen LogP contribution in [0, 0.1) is 0 Å². The lowest BCUT2D eigenvalue weighted by Crippen LogP contribution is -2.28. The van der Waals surface area contributed by atoms with Crippen molar-refractivity contribution in [1.29, 1.82) is 0 Å². The summed E-state index contributed by atoms with van der Waals surface area (Å²) in [6.45, 7) is 3.32. The number of hydrogen-bond donors (Lipinski definition) is 1. The normalized spacial score (nSPS) is 15.8. The van der Waals surface area contributed by atoms with Gasteiger partial charge in [0.25, 0.3) is 0 Å². The topological polar surface area (TPSA) is 29.3 Å². The third kappa shape index (κ3) is 3.88. The van der Waals surface area contributed by atoms with Crippen molar-refractivity contribution in [3.8, 4) is 0 Å². The van der Waals surface area contributed by atoms with E-state index in [4.69, 9.17) is 5.73 Å². The molecule has 0 heterocycles. The van der Waals surface area contributed by atoms with Crippen molar-refractivity contribution in [2.24, 2.45) is 0 Å². The van der Waals surface area contributed by atoms with Crippen LogP contribution in [-0.4, -0.2) is 17.5 Å². The standard InChI is InChI=1S/C15H21F3N2/c1-2-3-8-20(13-6-7-13)10-11-4-5-12(19)9-14(11)15(16,17)18/h4-5,9,13H,2-3,6-8,10,19H2,1H3. The Balaban J connectivity index is 2.18. The molecule has 0 atom stereocenters. The van der Waals surface area contributed by atoms with Crippen molar-refractivity contribution < 1.29 is 13.2 Å². The minimum Gasteiger partial charge on any atom is -0.399 e. The lowest BCUT2D eigenvalue weighted by atomic mass is 10.1. The first kappa shape index (κ1) is 15.2. The molecule has 2 rings (SSSR count). The lowest BCUT2D eigenvalue weighted by molar-refractivity contribution is -0.138. The number of rotatable bonds is 6. The monoisotopic (exact) mass is 286 g/mol. The largest absolute Gasteiger partial charge is 0.416 e. The number of nitrogen functional groups attached to an aromatic ring is 1. The van der Waals surface area contributed by atoms with Gasteiger partial charge in [-0.2, -0.15) is 13.2 Å². The van der Waals surface area contributed by atoms with E-state index in [1.807, 2.05) is 0 Å². The maximum atomic E-state index is 13.1. The third-order valence-corrected chi connectivity index (χ3v) is 3.67. The minimum absolute atomic E-state index is 0.160. The number of alkyl halides is 3. The molecule has 0 bridgehead atoms. The fraction of sp³-hybridized carbons (Fsp3) is 0.600. The van der Waals surface area contributed by atoms with Gasteiger partial charge in [-0.25, -0.2) is 0 Å². The summed E-state index contributed by atoms with van der Waals surface area (Å²) in [4.78, 5) is 2.17. The second kappa shape index (κ2) is 6.04. The average Bonchev–Trinajstić information content (AvgIpc) is 3.19. The Bertz CT molecular complexity index is 453. The fourth-order valence-electron chi connectivity index (χ4n) is 2.41. The molecular formula is C15H21F3N2. The van der Waals surface area contributed by atoms with Crippen molar-refractivity contribution in [3.63, 3.8) is 0 Å². The zero-order valence-electron chi connectivity index (χ0n) is 11.7. The SMILES string of the molecule is CCCCN(Cc1ccc(N)cc1C(F)(F)F)C1CC1. The van der Waals surface area contributed by atoms with Crippen LogP contribution < -0.4 is 5.73 Å². The van der Waals surface area contributed by atoms with Gasteiger partial charge in [-0.3, -0.25) is 4.90 Å². The molecule has 1 aromatic carbocycles. The number of benzene rings is 1. The van der Waals surface area contributed by atoms with Crippen LogP contribution in [-0.2, 0) is 12.7 Å². The molecule has 0 unspecified atom stereocenters. The maximum absolute atomic E-state index is 13.1. The Labute approximate surface area is 117 Å². The van der Waals surface area contributed by atoms with Crippen molar-refractivity contribution in [3.05, 3.63) is 29.3 Å². The van der Waals surface area contributed by atoms with E-state index in [0.29, 0.717) is 18.2 Å². The van der Waals surface area contributed by atoms with Gasteiger partial charge in [0.2, 0.25) is 0 Å². The van der Waals surface area contributed by atoms with Gasteiger partial charge in [0.05, 0.1) is 5.56 Å².